The summed E-state index contributed by atoms with van der Waals surface area (Å²) in [6.45, 7) is 14.2. The van der Waals surface area contributed by atoms with E-state index in [4.69, 9.17) is 9.72 Å². The molecule has 0 radical (unpaired) electrons. The highest BCUT2D eigenvalue weighted by molar-refractivity contribution is 7.89. The summed E-state index contributed by atoms with van der Waals surface area (Å²) in [7, 11) is -3.67. The van der Waals surface area contributed by atoms with Crippen LogP contribution in [0.1, 0.15) is 62.0 Å². The van der Waals surface area contributed by atoms with Gasteiger partial charge in [-0.1, -0.05) is 45.1 Å². The van der Waals surface area contributed by atoms with E-state index in [9.17, 15) is 13.2 Å². The highest BCUT2D eigenvalue weighted by Gasteiger charge is 2.29. The number of carbonyl (C=O) groups is 1. The van der Waals surface area contributed by atoms with Crippen molar-refractivity contribution in [1.82, 2.24) is 9.29 Å². The van der Waals surface area contributed by atoms with Crippen molar-refractivity contribution in [3.8, 4) is 0 Å². The Morgan fingerprint density at radius 2 is 1.74 bits per heavy atom. The van der Waals surface area contributed by atoms with Gasteiger partial charge in [0.05, 0.1) is 27.8 Å². The minimum absolute atomic E-state index is 0.0472. The van der Waals surface area contributed by atoms with E-state index in [1.807, 2.05) is 40.7 Å². The standard InChI is InChI=1S/C29H39N3O4S2/c1-19(2)16-31(17-20(3)4)38(34,35)25-11-9-23(10-12-25)28(33)32(18-24-8-7-13-36-24)29-30-26-15-21(5)14-22(6)27(26)37-29/h9-12,14-15,19-20,24H,7-8,13,16-18H2,1-6H3. The van der Waals surface area contributed by atoms with Crippen LogP contribution in [0.2, 0.25) is 0 Å². The quantitative estimate of drug-likeness (QED) is 0.304. The summed E-state index contributed by atoms with van der Waals surface area (Å²) in [5.41, 5.74) is 3.57. The van der Waals surface area contributed by atoms with E-state index in [2.05, 4.69) is 13.0 Å². The predicted molar refractivity (Wildman–Crippen MR) is 155 cm³/mol. The molecule has 7 nitrogen and oxygen atoms in total. The van der Waals surface area contributed by atoms with Crippen molar-refractivity contribution in [3.63, 3.8) is 0 Å². The molecule has 38 heavy (non-hydrogen) atoms. The summed E-state index contributed by atoms with van der Waals surface area (Å²) in [5, 5.41) is 0.630. The van der Waals surface area contributed by atoms with Gasteiger partial charge in [0.2, 0.25) is 10.0 Å². The number of hydrogen-bond acceptors (Lipinski definition) is 6. The van der Waals surface area contributed by atoms with Crippen LogP contribution in [0.25, 0.3) is 10.2 Å². The first-order valence-electron chi connectivity index (χ1n) is 13.4. The van der Waals surface area contributed by atoms with Gasteiger partial charge in [-0.3, -0.25) is 9.69 Å². The van der Waals surface area contributed by atoms with Crippen molar-refractivity contribution in [2.24, 2.45) is 11.8 Å². The van der Waals surface area contributed by atoms with Gasteiger partial charge in [0.25, 0.3) is 5.91 Å². The van der Waals surface area contributed by atoms with Gasteiger partial charge in [-0.15, -0.1) is 0 Å². The summed E-state index contributed by atoms with van der Waals surface area (Å²) in [6.07, 6.45) is 1.82. The Morgan fingerprint density at radius 3 is 2.32 bits per heavy atom. The van der Waals surface area contributed by atoms with Crippen LogP contribution in [0.4, 0.5) is 5.13 Å². The molecule has 1 atom stereocenters. The summed E-state index contributed by atoms with van der Waals surface area (Å²) in [4.78, 5) is 20.5. The molecule has 1 fully saturated rings. The Kier molecular flexibility index (Phi) is 8.92. The fourth-order valence-corrected chi connectivity index (χ4v) is 7.67. The average Bonchev–Trinajstić information content (AvgIpc) is 3.51. The van der Waals surface area contributed by atoms with Gasteiger partial charge < -0.3 is 4.74 Å². The zero-order valence-electron chi connectivity index (χ0n) is 23.2. The minimum atomic E-state index is -3.67. The SMILES string of the molecule is Cc1cc(C)c2sc(N(CC3CCCO3)C(=O)c3ccc(S(=O)(=O)N(CC(C)C)CC(C)C)cc3)nc2c1. The largest absolute Gasteiger partial charge is 0.376 e. The van der Waals surface area contributed by atoms with Gasteiger partial charge in [0.1, 0.15) is 0 Å². The number of carbonyl (C=O) groups excluding carboxylic acids is 1. The average molecular weight is 558 g/mol. The van der Waals surface area contributed by atoms with E-state index in [0.717, 1.165) is 34.2 Å². The third-order valence-electron chi connectivity index (χ3n) is 6.57. The lowest BCUT2D eigenvalue weighted by atomic mass is 10.1. The molecule has 0 aliphatic carbocycles. The normalized spacial score (nSPS) is 16.3. The third kappa shape index (κ3) is 6.45. The predicted octanol–water partition coefficient (Wildman–Crippen LogP) is 6.04. The van der Waals surface area contributed by atoms with E-state index in [0.29, 0.717) is 36.9 Å². The Labute approximate surface area is 230 Å². The second-order valence-corrected chi connectivity index (χ2v) is 14.0. The minimum Gasteiger partial charge on any atom is -0.376 e. The van der Waals surface area contributed by atoms with Crippen molar-refractivity contribution >= 4 is 42.6 Å². The second kappa shape index (κ2) is 11.8. The Hall–Kier alpha value is -2.33. The van der Waals surface area contributed by atoms with Crippen LogP contribution in [0.15, 0.2) is 41.3 Å². The number of rotatable bonds is 10. The number of thiazole rings is 1. The molecule has 0 N–H and O–H groups in total. The lowest BCUT2D eigenvalue weighted by molar-refractivity contribution is 0.0917. The highest BCUT2D eigenvalue weighted by Crippen LogP contribution is 2.34. The van der Waals surface area contributed by atoms with Gasteiger partial charge in [0, 0.05) is 25.3 Å². The third-order valence-corrected chi connectivity index (χ3v) is 9.65. The van der Waals surface area contributed by atoms with E-state index in [1.54, 1.807) is 33.5 Å². The number of anilines is 1. The maximum absolute atomic E-state index is 13.8. The van der Waals surface area contributed by atoms with Crippen molar-refractivity contribution in [1.29, 1.82) is 0 Å². The van der Waals surface area contributed by atoms with Crippen LogP contribution in [0.5, 0.6) is 0 Å². The topological polar surface area (TPSA) is 79.8 Å². The number of hydrogen-bond donors (Lipinski definition) is 0. The van der Waals surface area contributed by atoms with Gasteiger partial charge in [-0.25, -0.2) is 13.4 Å². The van der Waals surface area contributed by atoms with E-state index < -0.39 is 10.0 Å². The van der Waals surface area contributed by atoms with Gasteiger partial charge >= 0.3 is 0 Å². The molecular formula is C29H39N3O4S2. The summed E-state index contributed by atoms with van der Waals surface area (Å²) in [6, 6.07) is 10.5. The van der Waals surface area contributed by atoms with Crippen LogP contribution in [0.3, 0.4) is 0 Å². The molecule has 206 valence electrons. The Bertz CT molecular complexity index is 1360. The molecule has 0 saturated carbocycles. The molecule has 3 aromatic rings. The maximum atomic E-state index is 13.8. The number of aromatic nitrogens is 1. The van der Waals surface area contributed by atoms with Gasteiger partial charge in [0.15, 0.2) is 5.13 Å². The van der Waals surface area contributed by atoms with Crippen molar-refractivity contribution in [2.45, 2.75) is 65.4 Å². The number of amides is 1. The Morgan fingerprint density at radius 1 is 1.08 bits per heavy atom. The molecule has 1 unspecified atom stereocenters. The van der Waals surface area contributed by atoms with Gasteiger partial charge in [-0.2, -0.15) is 4.31 Å². The van der Waals surface area contributed by atoms with Crippen molar-refractivity contribution in [2.75, 3.05) is 31.1 Å². The molecule has 1 saturated heterocycles. The molecule has 0 bridgehead atoms. The summed E-state index contributed by atoms with van der Waals surface area (Å²) >= 11 is 1.51. The van der Waals surface area contributed by atoms with Crippen molar-refractivity contribution in [3.05, 3.63) is 53.1 Å². The molecule has 2 aromatic carbocycles. The molecule has 9 heteroatoms. The van der Waals surface area contributed by atoms with Crippen LogP contribution in [-0.4, -0.2) is 56.0 Å². The molecule has 0 spiro atoms. The fraction of sp³-hybridized carbons (Fsp3) is 0.517. The lowest BCUT2D eigenvalue weighted by Crippen LogP contribution is -2.38. The fourth-order valence-electron chi connectivity index (χ4n) is 4.88. The van der Waals surface area contributed by atoms with Crippen LogP contribution in [0, 0.1) is 25.7 Å². The highest BCUT2D eigenvalue weighted by atomic mass is 32.2. The van der Waals surface area contributed by atoms with Crippen LogP contribution < -0.4 is 4.90 Å². The smallest absolute Gasteiger partial charge is 0.260 e. The van der Waals surface area contributed by atoms with E-state index >= 15 is 0 Å². The zero-order valence-corrected chi connectivity index (χ0v) is 24.9. The van der Waals surface area contributed by atoms with Crippen LogP contribution >= 0.6 is 11.3 Å². The molecule has 1 aromatic heterocycles. The molecular weight excluding hydrogens is 518 g/mol. The van der Waals surface area contributed by atoms with E-state index in [1.165, 1.54) is 11.3 Å². The number of benzene rings is 2. The van der Waals surface area contributed by atoms with E-state index in [-0.39, 0.29) is 28.7 Å². The molecule has 1 amide bonds. The number of nitrogens with zero attached hydrogens (tertiary/aromatic N) is 3. The maximum Gasteiger partial charge on any atom is 0.260 e. The molecule has 2 heterocycles. The lowest BCUT2D eigenvalue weighted by Gasteiger charge is -2.26. The number of aryl methyl sites for hydroxylation is 2. The molecule has 1 aliphatic rings. The first kappa shape index (κ1) is 28.7. The number of sulfonamides is 1. The number of fused-ring (bicyclic) bond motifs is 1. The van der Waals surface area contributed by atoms with Crippen LogP contribution in [-0.2, 0) is 14.8 Å². The zero-order chi connectivity index (χ0) is 27.6. The summed E-state index contributed by atoms with van der Waals surface area (Å²) in [5.74, 6) is 0.202. The Balaban J connectivity index is 1.65. The first-order valence-corrected chi connectivity index (χ1v) is 15.6. The molecule has 4 rings (SSSR count). The summed E-state index contributed by atoms with van der Waals surface area (Å²) < 4.78 is 35.3. The number of ether oxygens (including phenoxy) is 1. The second-order valence-electron chi connectivity index (χ2n) is 11.1. The molecule has 1 aliphatic heterocycles. The van der Waals surface area contributed by atoms with Gasteiger partial charge in [-0.05, 0) is 80.0 Å². The first-order chi connectivity index (χ1) is 18.0. The monoisotopic (exact) mass is 557 g/mol. The van der Waals surface area contributed by atoms with Crippen molar-refractivity contribution < 1.29 is 17.9 Å².